The topological polar surface area (TPSA) is 66.8 Å². The summed E-state index contributed by atoms with van der Waals surface area (Å²) in [6, 6.07) is 0. The number of cyclic esters (lactones) is 1. The van der Waals surface area contributed by atoms with E-state index < -0.39 is 12.1 Å². The van der Waals surface area contributed by atoms with E-state index in [2.05, 4.69) is 12.2 Å². The molecular formula is C16H24O4. The van der Waals surface area contributed by atoms with Crippen molar-refractivity contribution >= 4 is 5.97 Å². The van der Waals surface area contributed by atoms with Crippen LogP contribution in [-0.2, 0) is 9.53 Å². The number of aliphatic hydroxyl groups excluding tert-OH is 2. The normalized spacial score (nSPS) is 42.5. The van der Waals surface area contributed by atoms with Gasteiger partial charge in [-0.15, -0.1) is 0 Å². The lowest BCUT2D eigenvalue weighted by Gasteiger charge is -2.19. The van der Waals surface area contributed by atoms with Gasteiger partial charge in [0.1, 0.15) is 0 Å². The number of rotatable bonds is 0. The highest BCUT2D eigenvalue weighted by Gasteiger charge is 2.35. The van der Waals surface area contributed by atoms with Crippen LogP contribution in [0.5, 0.6) is 0 Å². The van der Waals surface area contributed by atoms with Crippen LogP contribution in [0.4, 0.5) is 0 Å². The van der Waals surface area contributed by atoms with Gasteiger partial charge in [0.15, 0.2) is 0 Å². The van der Waals surface area contributed by atoms with Crippen LogP contribution in [0.15, 0.2) is 24.3 Å². The van der Waals surface area contributed by atoms with E-state index >= 15 is 0 Å². The van der Waals surface area contributed by atoms with Crippen LogP contribution in [0.1, 0.15) is 39.0 Å². The molecule has 0 spiro atoms. The highest BCUT2D eigenvalue weighted by Crippen LogP contribution is 2.36. The Morgan fingerprint density at radius 1 is 1.25 bits per heavy atom. The molecule has 5 atom stereocenters. The molecule has 1 aliphatic carbocycles. The van der Waals surface area contributed by atoms with Crippen LogP contribution in [0.2, 0.25) is 0 Å². The number of esters is 1. The van der Waals surface area contributed by atoms with Gasteiger partial charge in [-0.05, 0) is 56.9 Å². The zero-order valence-corrected chi connectivity index (χ0v) is 11.9. The van der Waals surface area contributed by atoms with Gasteiger partial charge in [-0.2, -0.15) is 0 Å². The smallest absolute Gasteiger partial charge is 0.330 e. The number of fused-ring (bicyclic) bond motifs is 1. The molecule has 1 fully saturated rings. The number of hydrogen-bond donors (Lipinski definition) is 2. The number of hydrogen-bond acceptors (Lipinski definition) is 4. The third-order valence-corrected chi connectivity index (χ3v) is 4.19. The van der Waals surface area contributed by atoms with Crippen molar-refractivity contribution in [3.8, 4) is 0 Å². The van der Waals surface area contributed by atoms with E-state index in [1.165, 1.54) is 12.2 Å². The second-order valence-electron chi connectivity index (χ2n) is 5.91. The molecule has 2 rings (SSSR count). The molecule has 4 heteroatoms. The molecule has 20 heavy (non-hydrogen) atoms. The highest BCUT2D eigenvalue weighted by atomic mass is 16.5. The second kappa shape index (κ2) is 7.04. The molecule has 0 aromatic heterocycles. The summed E-state index contributed by atoms with van der Waals surface area (Å²) in [5, 5.41) is 20.0. The minimum atomic E-state index is -0.717. The Morgan fingerprint density at radius 3 is 2.85 bits per heavy atom. The molecule has 1 aliphatic heterocycles. The SMILES string of the molecule is C[C@H]1CCC/C=C/C2CC(O)C[C@H]2[C@H](O)/C=C/C(=O)O1. The minimum absolute atomic E-state index is 0.0246. The zero-order chi connectivity index (χ0) is 14.5. The first-order valence-corrected chi connectivity index (χ1v) is 7.48. The first kappa shape index (κ1) is 15.3. The molecule has 1 heterocycles. The monoisotopic (exact) mass is 280 g/mol. The Hall–Kier alpha value is -1.13. The molecule has 2 N–H and O–H groups in total. The molecule has 0 aromatic carbocycles. The molecule has 1 saturated carbocycles. The van der Waals surface area contributed by atoms with Gasteiger partial charge in [0, 0.05) is 6.08 Å². The Bertz CT molecular complexity index is 388. The Morgan fingerprint density at radius 2 is 2.05 bits per heavy atom. The van der Waals surface area contributed by atoms with Gasteiger partial charge < -0.3 is 14.9 Å². The Labute approximate surface area is 120 Å². The lowest BCUT2D eigenvalue weighted by Crippen LogP contribution is -2.21. The summed E-state index contributed by atoms with van der Waals surface area (Å²) in [4.78, 5) is 11.6. The lowest BCUT2D eigenvalue weighted by atomic mass is 9.90. The van der Waals surface area contributed by atoms with Gasteiger partial charge in [0.05, 0.1) is 18.3 Å². The fourth-order valence-corrected chi connectivity index (χ4v) is 3.10. The van der Waals surface area contributed by atoms with Gasteiger partial charge in [0.25, 0.3) is 0 Å². The van der Waals surface area contributed by atoms with Crippen LogP contribution in [0.25, 0.3) is 0 Å². The minimum Gasteiger partial charge on any atom is -0.460 e. The van der Waals surface area contributed by atoms with Crippen LogP contribution < -0.4 is 0 Å². The van der Waals surface area contributed by atoms with Crippen molar-refractivity contribution in [1.29, 1.82) is 0 Å². The van der Waals surface area contributed by atoms with Crippen molar-refractivity contribution in [1.82, 2.24) is 0 Å². The van der Waals surface area contributed by atoms with E-state index in [0.29, 0.717) is 12.8 Å². The first-order valence-electron chi connectivity index (χ1n) is 7.48. The summed E-state index contributed by atoms with van der Waals surface area (Å²) >= 11 is 0. The number of carbonyl (C=O) groups is 1. The van der Waals surface area contributed by atoms with Crippen LogP contribution in [0, 0.1) is 11.8 Å². The van der Waals surface area contributed by atoms with E-state index in [1.54, 1.807) is 0 Å². The number of carbonyl (C=O) groups excluding carboxylic acids is 1. The van der Waals surface area contributed by atoms with Gasteiger partial charge in [-0.1, -0.05) is 12.2 Å². The molecule has 4 nitrogen and oxygen atoms in total. The molecule has 2 unspecified atom stereocenters. The van der Waals surface area contributed by atoms with Crippen molar-refractivity contribution in [3.63, 3.8) is 0 Å². The van der Waals surface area contributed by atoms with E-state index in [4.69, 9.17) is 4.74 Å². The first-order chi connectivity index (χ1) is 9.56. The van der Waals surface area contributed by atoms with Crippen molar-refractivity contribution in [2.24, 2.45) is 11.8 Å². The van der Waals surface area contributed by atoms with E-state index in [9.17, 15) is 15.0 Å². The zero-order valence-electron chi connectivity index (χ0n) is 11.9. The molecular weight excluding hydrogens is 256 g/mol. The number of aliphatic hydroxyl groups is 2. The fraction of sp³-hybridized carbons (Fsp3) is 0.688. The van der Waals surface area contributed by atoms with Gasteiger partial charge in [-0.25, -0.2) is 4.79 Å². The van der Waals surface area contributed by atoms with E-state index in [0.717, 1.165) is 19.3 Å². The quantitative estimate of drug-likeness (QED) is 0.526. The predicted octanol–water partition coefficient (Wildman–Crippen LogP) is 1.96. The van der Waals surface area contributed by atoms with Crippen molar-refractivity contribution in [3.05, 3.63) is 24.3 Å². The van der Waals surface area contributed by atoms with Crippen molar-refractivity contribution in [2.75, 3.05) is 0 Å². The molecule has 0 amide bonds. The van der Waals surface area contributed by atoms with Crippen LogP contribution >= 0.6 is 0 Å². The molecule has 0 saturated heterocycles. The lowest BCUT2D eigenvalue weighted by molar-refractivity contribution is -0.142. The van der Waals surface area contributed by atoms with Crippen molar-refractivity contribution < 1.29 is 19.7 Å². The maximum absolute atomic E-state index is 11.6. The van der Waals surface area contributed by atoms with Crippen molar-refractivity contribution in [2.45, 2.75) is 57.3 Å². The largest absolute Gasteiger partial charge is 0.460 e. The summed E-state index contributed by atoms with van der Waals surface area (Å²) in [5.41, 5.74) is 0. The molecule has 0 aromatic rings. The summed E-state index contributed by atoms with van der Waals surface area (Å²) < 4.78 is 5.23. The van der Waals surface area contributed by atoms with Gasteiger partial charge in [-0.3, -0.25) is 0 Å². The van der Waals surface area contributed by atoms with Gasteiger partial charge in [0.2, 0.25) is 0 Å². The average Bonchev–Trinajstić information content (AvgIpc) is 2.76. The molecule has 0 radical (unpaired) electrons. The Kier molecular flexibility index (Phi) is 5.38. The van der Waals surface area contributed by atoms with Crippen LogP contribution in [-0.4, -0.2) is 34.5 Å². The maximum Gasteiger partial charge on any atom is 0.330 e. The predicted molar refractivity (Wildman–Crippen MR) is 75.9 cm³/mol. The number of allylic oxidation sites excluding steroid dienone is 2. The van der Waals surface area contributed by atoms with E-state index in [1.807, 2.05) is 6.92 Å². The average molecular weight is 280 g/mol. The third kappa shape index (κ3) is 4.18. The third-order valence-electron chi connectivity index (χ3n) is 4.19. The molecule has 0 bridgehead atoms. The number of ether oxygens (including phenoxy) is 1. The molecule has 112 valence electrons. The maximum atomic E-state index is 11.6. The fourth-order valence-electron chi connectivity index (χ4n) is 3.10. The summed E-state index contributed by atoms with van der Waals surface area (Å²) in [7, 11) is 0. The second-order valence-corrected chi connectivity index (χ2v) is 5.91. The summed E-state index contributed by atoms with van der Waals surface area (Å²) in [5.74, 6) is -0.249. The van der Waals surface area contributed by atoms with Gasteiger partial charge >= 0.3 is 5.97 Å². The highest BCUT2D eigenvalue weighted by molar-refractivity contribution is 5.82. The summed E-state index contributed by atoms with van der Waals surface area (Å²) in [6.45, 7) is 1.89. The molecule has 2 aliphatic rings. The van der Waals surface area contributed by atoms with E-state index in [-0.39, 0.29) is 24.0 Å². The Balaban J connectivity index is 2.11. The standard InChI is InChI=1S/C16H24O4/c1-11-5-3-2-4-6-12-9-13(17)10-14(12)15(18)7-8-16(19)20-11/h4,6-8,11-15,17-18H,2-3,5,9-10H2,1H3/b6-4+,8-7+/t11-,12?,13?,14+,15+/m0/s1. The summed E-state index contributed by atoms with van der Waals surface area (Å²) in [6.07, 6.45) is 9.87. The van der Waals surface area contributed by atoms with Crippen LogP contribution in [0.3, 0.4) is 0 Å².